The largest absolute Gasteiger partial charge is 0.488 e. The fourth-order valence-corrected chi connectivity index (χ4v) is 3.15. The summed E-state index contributed by atoms with van der Waals surface area (Å²) in [5.41, 5.74) is 4.00. The Morgan fingerprint density at radius 3 is 2.84 bits per heavy atom. The van der Waals surface area contributed by atoms with Gasteiger partial charge in [0.25, 0.3) is 0 Å². The number of fused-ring (bicyclic) bond motifs is 1. The molecule has 2 aliphatic heterocycles. The normalized spacial score (nSPS) is 18.2. The molecule has 0 unspecified atom stereocenters. The van der Waals surface area contributed by atoms with Gasteiger partial charge in [-0.3, -0.25) is 9.97 Å². The highest BCUT2D eigenvalue weighted by Gasteiger charge is 2.18. The third-order valence-electron chi connectivity index (χ3n) is 4.51. The van der Waals surface area contributed by atoms with Crippen LogP contribution in [0.15, 0.2) is 54.3 Å². The van der Waals surface area contributed by atoms with Gasteiger partial charge in [0.1, 0.15) is 11.9 Å². The van der Waals surface area contributed by atoms with Gasteiger partial charge >= 0.3 is 0 Å². The minimum absolute atomic E-state index is 0.298. The van der Waals surface area contributed by atoms with Crippen molar-refractivity contribution in [2.75, 3.05) is 19.6 Å². The van der Waals surface area contributed by atoms with Crippen LogP contribution in [0.25, 0.3) is 11.0 Å². The van der Waals surface area contributed by atoms with E-state index >= 15 is 0 Å². The number of rotatable bonds is 5. The zero-order chi connectivity index (χ0) is 16.9. The molecule has 3 heterocycles. The highest BCUT2D eigenvalue weighted by Crippen LogP contribution is 2.19. The second kappa shape index (κ2) is 7.53. The first-order chi connectivity index (χ1) is 12.4. The van der Waals surface area contributed by atoms with Crippen LogP contribution in [0, 0.1) is 0 Å². The van der Waals surface area contributed by atoms with Crippen molar-refractivity contribution in [3.8, 4) is 0 Å². The number of dihydropyridines is 1. The summed E-state index contributed by atoms with van der Waals surface area (Å²) in [5.74, 6) is 0.950. The quantitative estimate of drug-likeness (QED) is 0.773. The van der Waals surface area contributed by atoms with Crippen molar-refractivity contribution >= 4 is 11.0 Å². The van der Waals surface area contributed by atoms with Gasteiger partial charge in [-0.2, -0.15) is 0 Å². The third-order valence-corrected chi connectivity index (χ3v) is 4.51. The molecule has 1 saturated heterocycles. The number of nitrogens with one attached hydrogen (secondary N) is 3. The lowest BCUT2D eigenvalue weighted by Crippen LogP contribution is -2.34. The van der Waals surface area contributed by atoms with Gasteiger partial charge in [0.15, 0.2) is 0 Å². The predicted octanol–water partition coefficient (Wildman–Crippen LogP) is 1.82. The van der Waals surface area contributed by atoms with Crippen LogP contribution in [0.2, 0.25) is 0 Å². The molecular weight excluding hydrogens is 314 g/mol. The highest BCUT2D eigenvalue weighted by molar-refractivity contribution is 5.74. The number of piperidine rings is 1. The second-order valence-electron chi connectivity index (χ2n) is 6.33. The molecule has 130 valence electrons. The Hall–Kier alpha value is -2.60. The van der Waals surface area contributed by atoms with Crippen molar-refractivity contribution < 1.29 is 4.74 Å². The number of ether oxygens (including phenoxy) is 1. The minimum Gasteiger partial charge on any atom is -0.488 e. The average molecular weight is 337 g/mol. The van der Waals surface area contributed by atoms with E-state index in [9.17, 15) is 0 Å². The Labute approximate surface area is 147 Å². The second-order valence-corrected chi connectivity index (χ2v) is 6.33. The van der Waals surface area contributed by atoms with Crippen molar-refractivity contribution in [3.05, 3.63) is 59.9 Å². The van der Waals surface area contributed by atoms with Gasteiger partial charge in [-0.1, -0.05) is 6.07 Å². The van der Waals surface area contributed by atoms with Gasteiger partial charge in [-0.05, 0) is 49.7 Å². The van der Waals surface area contributed by atoms with E-state index in [2.05, 4.69) is 44.1 Å². The Balaban J connectivity index is 1.41. The van der Waals surface area contributed by atoms with E-state index < -0.39 is 0 Å². The molecule has 0 radical (unpaired) electrons. The van der Waals surface area contributed by atoms with Gasteiger partial charge in [0.05, 0.1) is 16.7 Å². The Kier molecular flexibility index (Phi) is 4.79. The highest BCUT2D eigenvalue weighted by atomic mass is 16.5. The fourth-order valence-electron chi connectivity index (χ4n) is 3.15. The molecule has 6 heteroatoms. The molecule has 1 aromatic carbocycles. The van der Waals surface area contributed by atoms with Crippen LogP contribution in [0.4, 0.5) is 0 Å². The van der Waals surface area contributed by atoms with Gasteiger partial charge in [0.2, 0.25) is 0 Å². The van der Waals surface area contributed by atoms with Crippen molar-refractivity contribution in [2.24, 2.45) is 0 Å². The van der Waals surface area contributed by atoms with E-state index in [0.29, 0.717) is 12.6 Å². The van der Waals surface area contributed by atoms with Crippen LogP contribution in [-0.4, -0.2) is 35.7 Å². The van der Waals surface area contributed by atoms with Crippen molar-refractivity contribution in [2.45, 2.75) is 25.5 Å². The minimum atomic E-state index is 0.298. The van der Waals surface area contributed by atoms with Crippen molar-refractivity contribution in [1.29, 1.82) is 0 Å². The molecule has 0 spiro atoms. The van der Waals surface area contributed by atoms with Crippen LogP contribution in [0.5, 0.6) is 0 Å². The Morgan fingerprint density at radius 2 is 1.96 bits per heavy atom. The smallest absolute Gasteiger partial charge is 0.142 e. The zero-order valence-corrected chi connectivity index (χ0v) is 14.2. The molecular formula is C19H23N5O. The summed E-state index contributed by atoms with van der Waals surface area (Å²) in [5, 5.41) is 10.1. The number of benzene rings is 1. The first-order valence-electron chi connectivity index (χ1n) is 8.83. The zero-order valence-electron chi connectivity index (χ0n) is 14.2. The SMILES string of the molecule is C1=C(NCc2ccc3nccnc3c2)C(OC2CCNCC2)=CCN1. The number of hydrogen-bond acceptors (Lipinski definition) is 6. The van der Waals surface area contributed by atoms with Crippen LogP contribution in [-0.2, 0) is 11.3 Å². The molecule has 0 atom stereocenters. The molecule has 2 aromatic rings. The van der Waals surface area contributed by atoms with Crippen LogP contribution >= 0.6 is 0 Å². The van der Waals surface area contributed by atoms with E-state index in [4.69, 9.17) is 4.74 Å². The topological polar surface area (TPSA) is 71.1 Å². The van der Waals surface area contributed by atoms with Gasteiger partial charge in [0, 0.05) is 31.7 Å². The monoisotopic (exact) mass is 337 g/mol. The maximum atomic E-state index is 6.23. The molecule has 4 rings (SSSR count). The molecule has 0 aliphatic carbocycles. The lowest BCUT2D eigenvalue weighted by Gasteiger charge is -2.27. The molecule has 3 N–H and O–H groups in total. The summed E-state index contributed by atoms with van der Waals surface area (Å²) in [6.45, 7) is 3.57. The number of nitrogens with zero attached hydrogens (tertiary/aromatic N) is 2. The third kappa shape index (κ3) is 3.91. The van der Waals surface area contributed by atoms with E-state index in [0.717, 1.165) is 55.0 Å². The predicted molar refractivity (Wildman–Crippen MR) is 97.5 cm³/mol. The lowest BCUT2D eigenvalue weighted by atomic mass is 10.1. The molecule has 0 amide bonds. The van der Waals surface area contributed by atoms with E-state index in [1.54, 1.807) is 12.4 Å². The van der Waals surface area contributed by atoms with Gasteiger partial charge in [-0.15, -0.1) is 0 Å². The van der Waals surface area contributed by atoms with Crippen LogP contribution in [0.3, 0.4) is 0 Å². The molecule has 1 fully saturated rings. The summed E-state index contributed by atoms with van der Waals surface area (Å²) < 4.78 is 6.23. The summed E-state index contributed by atoms with van der Waals surface area (Å²) in [6.07, 6.45) is 9.96. The van der Waals surface area contributed by atoms with Crippen LogP contribution in [0.1, 0.15) is 18.4 Å². The first-order valence-corrected chi connectivity index (χ1v) is 8.83. The van der Waals surface area contributed by atoms with Crippen molar-refractivity contribution in [3.63, 3.8) is 0 Å². The van der Waals surface area contributed by atoms with E-state index in [1.165, 1.54) is 5.56 Å². The molecule has 25 heavy (non-hydrogen) atoms. The summed E-state index contributed by atoms with van der Waals surface area (Å²) in [6, 6.07) is 6.16. The van der Waals surface area contributed by atoms with Gasteiger partial charge in [-0.25, -0.2) is 0 Å². The van der Waals surface area contributed by atoms with Gasteiger partial charge < -0.3 is 20.7 Å². The molecule has 2 aliphatic rings. The summed E-state index contributed by atoms with van der Waals surface area (Å²) in [4.78, 5) is 8.68. The summed E-state index contributed by atoms with van der Waals surface area (Å²) in [7, 11) is 0. The number of aromatic nitrogens is 2. The van der Waals surface area contributed by atoms with Crippen molar-refractivity contribution in [1.82, 2.24) is 25.9 Å². The molecule has 0 saturated carbocycles. The van der Waals surface area contributed by atoms with Crippen LogP contribution < -0.4 is 16.0 Å². The molecule has 1 aromatic heterocycles. The molecule has 0 bridgehead atoms. The average Bonchev–Trinajstić information content (AvgIpc) is 2.68. The maximum Gasteiger partial charge on any atom is 0.142 e. The first kappa shape index (κ1) is 15.9. The number of hydrogen-bond donors (Lipinski definition) is 3. The molecule has 6 nitrogen and oxygen atoms in total. The fraction of sp³-hybridized carbons (Fsp3) is 0.368. The van der Waals surface area contributed by atoms with E-state index in [-0.39, 0.29) is 0 Å². The van der Waals surface area contributed by atoms with E-state index in [1.807, 2.05) is 12.3 Å². The lowest BCUT2D eigenvalue weighted by molar-refractivity contribution is 0.0903. The maximum absolute atomic E-state index is 6.23. The Morgan fingerprint density at radius 1 is 1.12 bits per heavy atom. The summed E-state index contributed by atoms with van der Waals surface area (Å²) >= 11 is 0. The standard InChI is InChI=1S/C19H23N5O/c1-2-16-17(23-10-9-22-16)11-14(1)12-24-18-13-21-8-5-19(18)25-15-3-6-20-7-4-15/h1-2,5,9-11,13,15,20-21,24H,3-4,6-8,12H2. The Bertz CT molecular complexity index is 795.